The molecule has 0 bridgehead atoms. The maximum atomic E-state index is 15.0. The second-order valence-electron chi connectivity index (χ2n) is 11.4. The molecule has 0 spiro atoms. The number of carbonyl (C=O) groups excluding carboxylic acids is 2. The second-order valence-corrected chi connectivity index (χ2v) is 12.7. The molecule has 0 unspecified atom stereocenters. The zero-order chi connectivity index (χ0) is 32.5. The molecule has 2 heterocycles. The summed E-state index contributed by atoms with van der Waals surface area (Å²) in [5.41, 5.74) is 0.316. The summed E-state index contributed by atoms with van der Waals surface area (Å²) in [5, 5.41) is 5.75. The molecule has 2 N–H and O–H groups in total. The van der Waals surface area contributed by atoms with Crippen LogP contribution in [0.4, 0.5) is 26.2 Å². The minimum absolute atomic E-state index is 0.00763. The van der Waals surface area contributed by atoms with Gasteiger partial charge in [-0.05, 0) is 93.1 Å². The Morgan fingerprint density at radius 3 is 2.45 bits per heavy atom. The Balaban J connectivity index is 1.99. The maximum Gasteiger partial charge on any atom is 0.410 e. The van der Waals surface area contributed by atoms with E-state index in [1.807, 2.05) is 22.6 Å². The highest BCUT2D eigenvalue weighted by molar-refractivity contribution is 14.1. The number of likely N-dealkylation sites (N-methyl/N-ethyl adjacent to an activating group) is 1. The molecule has 0 aliphatic carbocycles. The van der Waals surface area contributed by atoms with Gasteiger partial charge in [-0.15, -0.1) is 0 Å². The molecular formula is C32H34FIN4O6. The number of aromatic nitrogens is 1. The smallest absolute Gasteiger partial charge is 0.410 e. The fourth-order valence-electron chi connectivity index (χ4n) is 4.72. The van der Waals surface area contributed by atoms with Crippen LogP contribution < -0.4 is 21.8 Å². The van der Waals surface area contributed by atoms with Crippen molar-refractivity contribution in [3.8, 4) is 11.1 Å². The third-order valence-electron chi connectivity index (χ3n) is 6.83. The average Bonchev–Trinajstić information content (AvgIpc) is 2.91. The molecule has 0 radical (unpaired) electrons. The number of pyridine rings is 1. The summed E-state index contributed by atoms with van der Waals surface area (Å²) in [4.78, 5) is 53.2. The van der Waals surface area contributed by atoms with Crippen LogP contribution in [0.2, 0.25) is 0 Å². The van der Waals surface area contributed by atoms with Gasteiger partial charge in [0.2, 0.25) is 5.91 Å². The zero-order valence-corrected chi connectivity index (χ0v) is 27.7. The third-order valence-corrected chi connectivity index (χ3v) is 7.50. The minimum Gasteiger partial charge on any atom is -0.444 e. The molecule has 0 atom stereocenters. The van der Waals surface area contributed by atoms with Crippen LogP contribution in [0, 0.1) is 23.2 Å². The summed E-state index contributed by atoms with van der Waals surface area (Å²) < 4.78 is 28.4. The number of benzene rings is 2. The van der Waals surface area contributed by atoms with E-state index in [4.69, 9.17) is 9.15 Å². The number of carbonyl (C=O) groups is 2. The van der Waals surface area contributed by atoms with Crippen molar-refractivity contribution >= 4 is 62.6 Å². The summed E-state index contributed by atoms with van der Waals surface area (Å²) in [6.45, 7) is 10.1. The van der Waals surface area contributed by atoms with Crippen LogP contribution >= 0.6 is 22.6 Å². The van der Waals surface area contributed by atoms with Crippen molar-refractivity contribution in [2.75, 3.05) is 24.2 Å². The van der Waals surface area contributed by atoms with Gasteiger partial charge in [-0.2, -0.15) is 0 Å². The SMILES string of the molecule is CC(=O)Nc1cccc(-c2c(C)n(CCN(C)C(=O)OC(C)(C)C)c(=O)c3c(Nc4ccc(I)cc4F)c(C)c(=O)oc23)c1. The molecule has 0 aliphatic rings. The molecule has 44 heavy (non-hydrogen) atoms. The van der Waals surface area contributed by atoms with E-state index >= 15 is 0 Å². The van der Waals surface area contributed by atoms with Crippen molar-refractivity contribution < 1.29 is 23.1 Å². The van der Waals surface area contributed by atoms with E-state index < -0.39 is 28.7 Å². The number of fused-ring (bicyclic) bond motifs is 1. The first kappa shape index (κ1) is 32.7. The normalized spacial score (nSPS) is 11.4. The Hall–Kier alpha value is -4.20. The molecule has 0 fully saturated rings. The highest BCUT2D eigenvalue weighted by atomic mass is 127. The summed E-state index contributed by atoms with van der Waals surface area (Å²) in [6, 6.07) is 11.5. The summed E-state index contributed by atoms with van der Waals surface area (Å²) in [5.74, 6) is -0.834. The Labute approximate surface area is 267 Å². The van der Waals surface area contributed by atoms with E-state index in [-0.39, 0.29) is 46.9 Å². The van der Waals surface area contributed by atoms with Crippen molar-refractivity contribution in [2.24, 2.45) is 0 Å². The Morgan fingerprint density at radius 2 is 1.82 bits per heavy atom. The predicted molar refractivity (Wildman–Crippen MR) is 177 cm³/mol. The van der Waals surface area contributed by atoms with Gasteiger partial charge in [-0.1, -0.05) is 12.1 Å². The van der Waals surface area contributed by atoms with Crippen LogP contribution in [-0.4, -0.2) is 40.7 Å². The zero-order valence-electron chi connectivity index (χ0n) is 25.6. The van der Waals surface area contributed by atoms with Gasteiger partial charge in [-0.25, -0.2) is 14.0 Å². The van der Waals surface area contributed by atoms with Crippen LogP contribution in [0.25, 0.3) is 22.1 Å². The average molecular weight is 717 g/mol. The lowest BCUT2D eigenvalue weighted by Gasteiger charge is -2.25. The lowest BCUT2D eigenvalue weighted by atomic mass is 9.99. The molecule has 12 heteroatoms. The van der Waals surface area contributed by atoms with Gasteiger partial charge in [0.15, 0.2) is 5.58 Å². The molecule has 0 aliphatic heterocycles. The number of amides is 2. The number of nitrogens with one attached hydrogen (secondary N) is 2. The molecule has 2 aromatic heterocycles. The molecule has 0 saturated heterocycles. The number of nitrogens with zero attached hydrogens (tertiary/aromatic N) is 2. The van der Waals surface area contributed by atoms with Crippen LogP contribution in [0.15, 0.2) is 56.5 Å². The largest absolute Gasteiger partial charge is 0.444 e. The summed E-state index contributed by atoms with van der Waals surface area (Å²) >= 11 is 1.99. The van der Waals surface area contributed by atoms with Crippen molar-refractivity contribution in [3.05, 3.63) is 83.9 Å². The molecule has 0 saturated carbocycles. The number of hydrogen-bond donors (Lipinski definition) is 2. The van der Waals surface area contributed by atoms with Gasteiger partial charge in [0.25, 0.3) is 5.56 Å². The molecule has 232 valence electrons. The molecule has 2 aromatic carbocycles. The fourth-order valence-corrected chi connectivity index (χ4v) is 5.17. The van der Waals surface area contributed by atoms with E-state index in [0.717, 1.165) is 0 Å². The van der Waals surface area contributed by atoms with Crippen molar-refractivity contribution in [1.82, 2.24) is 9.47 Å². The molecule has 4 aromatic rings. The van der Waals surface area contributed by atoms with Gasteiger partial charge >= 0.3 is 11.7 Å². The lowest BCUT2D eigenvalue weighted by molar-refractivity contribution is -0.114. The standard InChI is InChI=1S/C32H34FIN4O6/c1-17-27(36-24-12-11-21(34)16-23(24)33)26-28(43-30(17)41)25(20-9-8-10-22(15-20)35-19(3)39)18(2)38(29(26)40)14-13-37(7)31(42)44-32(4,5)6/h8-12,15-16,36H,13-14H2,1-7H3,(H,35,39). The van der Waals surface area contributed by atoms with Crippen LogP contribution in [0.1, 0.15) is 39.0 Å². The number of anilines is 3. The van der Waals surface area contributed by atoms with E-state index in [2.05, 4.69) is 10.6 Å². The molecule has 10 nitrogen and oxygen atoms in total. The second kappa shape index (κ2) is 12.8. The number of hydrogen-bond acceptors (Lipinski definition) is 7. The van der Waals surface area contributed by atoms with Gasteiger partial charge in [0, 0.05) is 47.6 Å². The van der Waals surface area contributed by atoms with E-state index in [1.165, 1.54) is 35.4 Å². The predicted octanol–water partition coefficient (Wildman–Crippen LogP) is 6.55. The van der Waals surface area contributed by atoms with Crippen molar-refractivity contribution in [2.45, 2.75) is 53.7 Å². The number of ether oxygens (including phenoxy) is 1. The third kappa shape index (κ3) is 7.12. The number of rotatable bonds is 7. The quantitative estimate of drug-likeness (QED) is 0.208. The summed E-state index contributed by atoms with van der Waals surface area (Å²) in [7, 11) is 1.57. The van der Waals surface area contributed by atoms with Gasteiger partial charge in [0.1, 0.15) is 16.8 Å². The van der Waals surface area contributed by atoms with E-state index in [9.17, 15) is 23.6 Å². The van der Waals surface area contributed by atoms with Crippen LogP contribution in [0.3, 0.4) is 0 Å². The van der Waals surface area contributed by atoms with E-state index in [0.29, 0.717) is 26.1 Å². The highest BCUT2D eigenvalue weighted by Gasteiger charge is 2.25. The first-order chi connectivity index (χ1) is 20.6. The van der Waals surface area contributed by atoms with E-state index in [1.54, 1.807) is 65.1 Å². The lowest BCUT2D eigenvalue weighted by Crippen LogP contribution is -2.37. The molecule has 4 rings (SSSR count). The maximum absolute atomic E-state index is 15.0. The Morgan fingerprint density at radius 1 is 1.11 bits per heavy atom. The first-order valence-electron chi connectivity index (χ1n) is 13.8. The van der Waals surface area contributed by atoms with Crippen molar-refractivity contribution in [1.29, 1.82) is 0 Å². The van der Waals surface area contributed by atoms with Gasteiger partial charge in [0.05, 0.1) is 16.9 Å². The van der Waals surface area contributed by atoms with Crippen LogP contribution in [0.5, 0.6) is 0 Å². The Kier molecular flexibility index (Phi) is 9.52. The van der Waals surface area contributed by atoms with Gasteiger partial charge in [-0.3, -0.25) is 9.59 Å². The highest BCUT2D eigenvalue weighted by Crippen LogP contribution is 2.36. The first-order valence-corrected chi connectivity index (χ1v) is 14.9. The minimum atomic E-state index is -0.702. The monoisotopic (exact) mass is 716 g/mol. The fraction of sp³-hybridized carbons (Fsp3) is 0.312. The van der Waals surface area contributed by atoms with Crippen molar-refractivity contribution in [3.63, 3.8) is 0 Å². The van der Waals surface area contributed by atoms with Crippen LogP contribution in [-0.2, 0) is 16.1 Å². The summed E-state index contributed by atoms with van der Waals surface area (Å²) in [6.07, 6.45) is -0.550. The number of halogens is 2. The van der Waals surface area contributed by atoms with Gasteiger partial charge < -0.3 is 29.3 Å². The molecule has 2 amide bonds. The Bertz CT molecular complexity index is 1890. The topological polar surface area (TPSA) is 123 Å². The molecular weight excluding hydrogens is 682 g/mol.